The van der Waals surface area contributed by atoms with E-state index < -0.39 is 0 Å². The number of nitrogens with zero attached hydrogens (tertiary/aromatic N) is 4. The Labute approximate surface area is 108 Å². The van der Waals surface area contributed by atoms with Gasteiger partial charge in [-0.25, -0.2) is 0 Å². The third-order valence-electron chi connectivity index (χ3n) is 4.02. The van der Waals surface area contributed by atoms with E-state index in [0.717, 1.165) is 30.6 Å². The topological polar surface area (TPSA) is 60.0 Å². The van der Waals surface area contributed by atoms with E-state index >= 15 is 0 Å². The highest BCUT2D eigenvalue weighted by Gasteiger charge is 2.40. The van der Waals surface area contributed by atoms with Crippen molar-refractivity contribution in [1.82, 2.24) is 19.9 Å². The number of nitrogens with two attached hydrogens (primary N) is 1. The molecule has 1 saturated carbocycles. The number of aryl methyl sites for hydroxylation is 1. The quantitative estimate of drug-likeness (QED) is 0.834. The number of aromatic nitrogens is 3. The van der Waals surface area contributed by atoms with Crippen molar-refractivity contribution in [2.75, 3.05) is 13.1 Å². The molecular weight excluding hydrogens is 238 g/mol. The number of halogens is 1. The first-order valence-corrected chi connectivity index (χ1v) is 6.05. The van der Waals surface area contributed by atoms with Crippen LogP contribution in [0.5, 0.6) is 0 Å². The monoisotopic (exact) mass is 257 g/mol. The Morgan fingerprint density at radius 3 is 2.88 bits per heavy atom. The minimum absolute atomic E-state index is 0. The average molecular weight is 258 g/mol. The molecule has 0 amide bonds. The molecule has 1 saturated heterocycles. The second-order valence-corrected chi connectivity index (χ2v) is 5.24. The maximum Gasteiger partial charge on any atom is 0.0967 e. The third kappa shape index (κ3) is 2.46. The van der Waals surface area contributed by atoms with Crippen molar-refractivity contribution >= 4 is 12.4 Å². The summed E-state index contributed by atoms with van der Waals surface area (Å²) < 4.78 is 1.76. The van der Waals surface area contributed by atoms with Crippen LogP contribution in [0.4, 0.5) is 0 Å². The lowest BCUT2D eigenvalue weighted by Gasteiger charge is -2.16. The average Bonchev–Trinajstić information content (AvgIpc) is 2.88. The van der Waals surface area contributed by atoms with Crippen molar-refractivity contribution in [1.29, 1.82) is 0 Å². The summed E-state index contributed by atoms with van der Waals surface area (Å²) in [4.78, 5) is 2.47. The summed E-state index contributed by atoms with van der Waals surface area (Å²) in [6.07, 6.45) is 4.52. The van der Waals surface area contributed by atoms with E-state index in [2.05, 4.69) is 15.2 Å². The van der Waals surface area contributed by atoms with Crippen molar-refractivity contribution < 1.29 is 0 Å². The molecule has 2 N–H and O–H groups in total. The van der Waals surface area contributed by atoms with Crippen molar-refractivity contribution in [3.63, 3.8) is 0 Å². The minimum atomic E-state index is 0. The molecule has 6 heteroatoms. The first-order valence-electron chi connectivity index (χ1n) is 6.05. The van der Waals surface area contributed by atoms with Gasteiger partial charge in [-0.15, -0.1) is 17.5 Å². The van der Waals surface area contributed by atoms with Crippen molar-refractivity contribution in [2.24, 2.45) is 24.6 Å². The number of fused-ring (bicyclic) bond motifs is 1. The zero-order valence-electron chi connectivity index (χ0n) is 10.1. The molecule has 2 heterocycles. The predicted octanol–water partition coefficient (Wildman–Crippen LogP) is 0.406. The van der Waals surface area contributed by atoms with Gasteiger partial charge in [0.15, 0.2) is 0 Å². The Morgan fingerprint density at radius 1 is 1.41 bits per heavy atom. The summed E-state index contributed by atoms with van der Waals surface area (Å²) in [5, 5.41) is 8.09. The lowest BCUT2D eigenvalue weighted by atomic mass is 9.98. The van der Waals surface area contributed by atoms with Crippen LogP contribution in [0.25, 0.3) is 0 Å². The molecule has 1 aromatic rings. The van der Waals surface area contributed by atoms with Gasteiger partial charge in [-0.3, -0.25) is 9.58 Å². The normalized spacial score (nSPS) is 32.5. The SMILES string of the molecule is Cl.Cn1cc(CN2CC3CCC(N)C3C2)nn1. The Bertz CT molecular complexity index is 380. The fourth-order valence-corrected chi connectivity index (χ4v) is 3.23. The molecule has 0 aromatic carbocycles. The van der Waals surface area contributed by atoms with E-state index in [1.54, 1.807) is 4.68 Å². The first kappa shape index (κ1) is 12.8. The third-order valence-corrected chi connectivity index (χ3v) is 4.02. The van der Waals surface area contributed by atoms with Gasteiger partial charge < -0.3 is 5.73 Å². The van der Waals surface area contributed by atoms with Gasteiger partial charge in [0, 0.05) is 38.9 Å². The summed E-state index contributed by atoms with van der Waals surface area (Å²) in [6, 6.07) is 0.428. The zero-order valence-corrected chi connectivity index (χ0v) is 10.9. The maximum atomic E-state index is 6.12. The molecule has 0 spiro atoms. The predicted molar refractivity (Wildman–Crippen MR) is 67.7 cm³/mol. The van der Waals surface area contributed by atoms with E-state index in [4.69, 9.17) is 5.73 Å². The van der Waals surface area contributed by atoms with Crippen LogP contribution in [0.2, 0.25) is 0 Å². The van der Waals surface area contributed by atoms with Crippen LogP contribution in [0.15, 0.2) is 6.20 Å². The molecule has 96 valence electrons. The van der Waals surface area contributed by atoms with Crippen molar-refractivity contribution in [3.8, 4) is 0 Å². The van der Waals surface area contributed by atoms with Gasteiger partial charge in [0.05, 0.1) is 5.69 Å². The second-order valence-electron chi connectivity index (χ2n) is 5.24. The summed E-state index contributed by atoms with van der Waals surface area (Å²) in [5.74, 6) is 1.54. The van der Waals surface area contributed by atoms with Gasteiger partial charge in [-0.2, -0.15) is 0 Å². The van der Waals surface area contributed by atoms with Gasteiger partial charge in [0.2, 0.25) is 0 Å². The van der Waals surface area contributed by atoms with Crippen LogP contribution in [0.3, 0.4) is 0 Å². The van der Waals surface area contributed by atoms with E-state index in [1.165, 1.54) is 19.4 Å². The Kier molecular flexibility index (Phi) is 3.70. The highest BCUT2D eigenvalue weighted by Crippen LogP contribution is 2.37. The lowest BCUT2D eigenvalue weighted by molar-refractivity contribution is 0.294. The lowest BCUT2D eigenvalue weighted by Crippen LogP contribution is -2.30. The Balaban J connectivity index is 0.00000108. The van der Waals surface area contributed by atoms with Crippen LogP contribution in [-0.2, 0) is 13.6 Å². The molecule has 3 atom stereocenters. The van der Waals surface area contributed by atoms with Crippen molar-refractivity contribution in [2.45, 2.75) is 25.4 Å². The van der Waals surface area contributed by atoms with E-state index in [1.807, 2.05) is 13.2 Å². The Morgan fingerprint density at radius 2 is 2.24 bits per heavy atom. The van der Waals surface area contributed by atoms with Crippen LogP contribution in [-0.4, -0.2) is 39.0 Å². The summed E-state index contributed by atoms with van der Waals surface area (Å²) in [5.41, 5.74) is 7.19. The molecule has 1 aromatic heterocycles. The molecule has 3 unspecified atom stereocenters. The highest BCUT2D eigenvalue weighted by molar-refractivity contribution is 5.85. The number of likely N-dealkylation sites (tertiary alicyclic amines) is 1. The molecule has 0 bridgehead atoms. The second kappa shape index (κ2) is 4.92. The number of hydrogen-bond acceptors (Lipinski definition) is 4. The van der Waals surface area contributed by atoms with Gasteiger partial charge in [0.25, 0.3) is 0 Å². The molecule has 17 heavy (non-hydrogen) atoms. The van der Waals surface area contributed by atoms with E-state index in [9.17, 15) is 0 Å². The molecule has 5 nitrogen and oxygen atoms in total. The van der Waals surface area contributed by atoms with Gasteiger partial charge >= 0.3 is 0 Å². The number of hydrogen-bond donors (Lipinski definition) is 1. The standard InChI is InChI=1S/C11H19N5.ClH/c1-15-5-9(13-14-15)6-16-4-8-2-3-11(12)10(8)7-16;/h5,8,10-11H,2-4,6-7,12H2,1H3;1H. The molecule has 1 aliphatic carbocycles. The molecule has 3 rings (SSSR count). The van der Waals surface area contributed by atoms with E-state index in [-0.39, 0.29) is 12.4 Å². The molecular formula is C11H20ClN5. The smallest absolute Gasteiger partial charge is 0.0967 e. The zero-order chi connectivity index (χ0) is 11.1. The van der Waals surface area contributed by atoms with Gasteiger partial charge in [-0.1, -0.05) is 5.21 Å². The first-order chi connectivity index (χ1) is 7.72. The Hall–Kier alpha value is -0.650. The fraction of sp³-hybridized carbons (Fsp3) is 0.818. The fourth-order valence-electron chi connectivity index (χ4n) is 3.23. The number of rotatable bonds is 2. The van der Waals surface area contributed by atoms with Crippen LogP contribution >= 0.6 is 12.4 Å². The van der Waals surface area contributed by atoms with Crippen LogP contribution in [0, 0.1) is 11.8 Å². The molecule has 2 aliphatic rings. The molecule has 1 aliphatic heterocycles. The van der Waals surface area contributed by atoms with E-state index in [0.29, 0.717) is 6.04 Å². The largest absolute Gasteiger partial charge is 0.327 e. The van der Waals surface area contributed by atoms with Crippen molar-refractivity contribution in [3.05, 3.63) is 11.9 Å². The maximum absolute atomic E-state index is 6.12. The van der Waals surface area contributed by atoms with Crippen LogP contribution < -0.4 is 5.73 Å². The minimum Gasteiger partial charge on any atom is -0.327 e. The summed E-state index contributed by atoms with van der Waals surface area (Å²) in [7, 11) is 1.91. The molecule has 2 fully saturated rings. The van der Waals surface area contributed by atoms with Gasteiger partial charge in [-0.05, 0) is 24.7 Å². The van der Waals surface area contributed by atoms with Gasteiger partial charge in [0.1, 0.15) is 0 Å². The van der Waals surface area contributed by atoms with Crippen LogP contribution in [0.1, 0.15) is 18.5 Å². The highest BCUT2D eigenvalue weighted by atomic mass is 35.5. The summed E-state index contributed by atoms with van der Waals surface area (Å²) in [6.45, 7) is 3.25. The molecule has 0 radical (unpaired) electrons. The summed E-state index contributed by atoms with van der Waals surface area (Å²) >= 11 is 0.